The summed E-state index contributed by atoms with van der Waals surface area (Å²) in [5.74, 6) is 0. The number of carbonyl (C=O) groups excluding carboxylic acids is 1. The fraction of sp³-hybridized carbons (Fsp3) is 0.727. The molecule has 1 aliphatic rings. The van der Waals surface area contributed by atoms with E-state index in [9.17, 15) is 4.79 Å². The van der Waals surface area contributed by atoms with Crippen molar-refractivity contribution in [2.75, 3.05) is 20.4 Å². The highest BCUT2D eigenvalue weighted by Crippen LogP contribution is 2.19. The molecular formula is C11H20N2O2. The molecule has 0 aromatic heterocycles. The number of nitrogens with one attached hydrogen (secondary N) is 2. The Morgan fingerprint density at radius 1 is 1.47 bits per heavy atom. The highest BCUT2D eigenvalue weighted by atomic mass is 16.5. The molecule has 4 heteroatoms. The van der Waals surface area contributed by atoms with Crippen molar-refractivity contribution in [3.8, 4) is 0 Å². The normalized spacial score (nSPS) is 15.7. The second kappa shape index (κ2) is 7.29. The van der Waals surface area contributed by atoms with Crippen LogP contribution in [-0.4, -0.2) is 26.4 Å². The van der Waals surface area contributed by atoms with Crippen LogP contribution >= 0.6 is 0 Å². The summed E-state index contributed by atoms with van der Waals surface area (Å²) in [7, 11) is 1.55. The summed E-state index contributed by atoms with van der Waals surface area (Å²) >= 11 is 0. The Kier molecular flexibility index (Phi) is 5.85. The summed E-state index contributed by atoms with van der Waals surface area (Å²) in [5.41, 5.74) is 1.48. The lowest BCUT2D eigenvalue weighted by Crippen LogP contribution is -2.37. The van der Waals surface area contributed by atoms with Crippen molar-refractivity contribution in [2.24, 2.45) is 0 Å². The molecule has 0 aromatic rings. The minimum Gasteiger partial charge on any atom is -0.364 e. The lowest BCUT2D eigenvalue weighted by molar-refractivity contribution is 0.172. The van der Waals surface area contributed by atoms with Crippen molar-refractivity contribution in [3.05, 3.63) is 11.6 Å². The molecule has 0 saturated carbocycles. The standard InChI is InChI=1S/C11H20N2O2/c1-15-9-13-11(14)12-8-7-10-5-3-2-4-6-10/h5H,2-4,6-9H2,1H3,(H2,12,13,14). The van der Waals surface area contributed by atoms with Crippen LogP contribution in [0.1, 0.15) is 32.1 Å². The number of carbonyl (C=O) groups is 1. The molecule has 0 aromatic carbocycles. The number of hydrogen-bond acceptors (Lipinski definition) is 2. The largest absolute Gasteiger partial charge is 0.364 e. The van der Waals surface area contributed by atoms with Gasteiger partial charge >= 0.3 is 6.03 Å². The Bertz CT molecular complexity index is 227. The SMILES string of the molecule is COCNC(=O)NCCC1=CCCCC1. The Balaban J connectivity index is 2.04. The third kappa shape index (κ3) is 5.42. The number of amides is 2. The van der Waals surface area contributed by atoms with Gasteiger partial charge in [-0.05, 0) is 32.1 Å². The fourth-order valence-electron chi connectivity index (χ4n) is 1.67. The molecular weight excluding hydrogens is 192 g/mol. The Hall–Kier alpha value is -1.03. The van der Waals surface area contributed by atoms with E-state index in [0.29, 0.717) is 6.54 Å². The number of ether oxygens (including phenoxy) is 1. The smallest absolute Gasteiger partial charge is 0.316 e. The second-order valence-electron chi connectivity index (χ2n) is 3.72. The van der Waals surface area contributed by atoms with E-state index in [4.69, 9.17) is 4.74 Å². The van der Waals surface area contributed by atoms with Crippen LogP contribution in [0.25, 0.3) is 0 Å². The average molecular weight is 212 g/mol. The first-order chi connectivity index (χ1) is 7.33. The molecule has 1 aliphatic carbocycles. The van der Waals surface area contributed by atoms with Gasteiger partial charge in [0, 0.05) is 13.7 Å². The summed E-state index contributed by atoms with van der Waals surface area (Å²) < 4.78 is 4.73. The zero-order valence-electron chi connectivity index (χ0n) is 9.34. The topological polar surface area (TPSA) is 50.4 Å². The number of allylic oxidation sites excluding steroid dienone is 1. The van der Waals surface area contributed by atoms with Gasteiger partial charge in [-0.15, -0.1) is 0 Å². The van der Waals surface area contributed by atoms with Crippen molar-refractivity contribution in [1.82, 2.24) is 10.6 Å². The third-order valence-corrected chi connectivity index (χ3v) is 2.49. The second-order valence-corrected chi connectivity index (χ2v) is 3.72. The van der Waals surface area contributed by atoms with Gasteiger partial charge in [0.15, 0.2) is 0 Å². The molecule has 0 saturated heterocycles. The summed E-state index contributed by atoms with van der Waals surface area (Å²) in [6.07, 6.45) is 8.28. The van der Waals surface area contributed by atoms with Crippen molar-refractivity contribution >= 4 is 6.03 Å². The van der Waals surface area contributed by atoms with Crippen molar-refractivity contribution in [1.29, 1.82) is 0 Å². The molecule has 2 N–H and O–H groups in total. The van der Waals surface area contributed by atoms with E-state index in [0.717, 1.165) is 6.42 Å². The van der Waals surface area contributed by atoms with Gasteiger partial charge in [-0.2, -0.15) is 0 Å². The van der Waals surface area contributed by atoms with E-state index in [1.807, 2.05) is 0 Å². The van der Waals surface area contributed by atoms with E-state index in [-0.39, 0.29) is 12.8 Å². The minimum atomic E-state index is -0.159. The molecule has 1 rings (SSSR count). The molecule has 86 valence electrons. The van der Waals surface area contributed by atoms with Crippen LogP contribution in [0.2, 0.25) is 0 Å². The van der Waals surface area contributed by atoms with Gasteiger partial charge in [-0.1, -0.05) is 11.6 Å². The number of hydrogen-bond donors (Lipinski definition) is 2. The maximum Gasteiger partial charge on any atom is 0.316 e. The molecule has 0 fully saturated rings. The van der Waals surface area contributed by atoms with Gasteiger partial charge in [0.25, 0.3) is 0 Å². The Morgan fingerprint density at radius 2 is 2.33 bits per heavy atom. The Labute approximate surface area is 91.1 Å². The molecule has 2 amide bonds. The van der Waals surface area contributed by atoms with Gasteiger partial charge in [0.05, 0.1) is 0 Å². The van der Waals surface area contributed by atoms with E-state index in [2.05, 4.69) is 16.7 Å². The lowest BCUT2D eigenvalue weighted by atomic mass is 9.97. The van der Waals surface area contributed by atoms with Crippen LogP contribution in [0.5, 0.6) is 0 Å². The van der Waals surface area contributed by atoms with Crippen LogP contribution in [0.3, 0.4) is 0 Å². The predicted molar refractivity (Wildman–Crippen MR) is 59.6 cm³/mol. The van der Waals surface area contributed by atoms with Gasteiger partial charge < -0.3 is 15.4 Å². The first-order valence-electron chi connectivity index (χ1n) is 5.51. The number of rotatable bonds is 5. The molecule has 0 radical (unpaired) electrons. The van der Waals surface area contributed by atoms with E-state index in [1.165, 1.54) is 31.3 Å². The van der Waals surface area contributed by atoms with E-state index < -0.39 is 0 Å². The lowest BCUT2D eigenvalue weighted by Gasteiger charge is -2.13. The fourth-order valence-corrected chi connectivity index (χ4v) is 1.67. The van der Waals surface area contributed by atoms with Gasteiger partial charge in [-0.25, -0.2) is 4.79 Å². The minimum absolute atomic E-state index is 0.159. The Morgan fingerprint density at radius 3 is 3.00 bits per heavy atom. The third-order valence-electron chi connectivity index (χ3n) is 2.49. The van der Waals surface area contributed by atoms with Crippen LogP contribution < -0.4 is 10.6 Å². The first-order valence-corrected chi connectivity index (χ1v) is 5.51. The van der Waals surface area contributed by atoms with E-state index >= 15 is 0 Å². The van der Waals surface area contributed by atoms with Gasteiger partial charge in [0.2, 0.25) is 0 Å². The van der Waals surface area contributed by atoms with Crippen molar-refractivity contribution < 1.29 is 9.53 Å². The maximum absolute atomic E-state index is 11.1. The van der Waals surface area contributed by atoms with Crippen LogP contribution in [0.4, 0.5) is 4.79 Å². The van der Waals surface area contributed by atoms with Crippen LogP contribution in [0, 0.1) is 0 Å². The summed E-state index contributed by atoms with van der Waals surface area (Å²) in [5, 5.41) is 5.37. The molecule has 0 spiro atoms. The highest BCUT2D eigenvalue weighted by molar-refractivity contribution is 5.73. The summed E-state index contributed by atoms with van der Waals surface area (Å²) in [6.45, 7) is 0.968. The van der Waals surface area contributed by atoms with Crippen molar-refractivity contribution in [3.63, 3.8) is 0 Å². The van der Waals surface area contributed by atoms with Crippen LogP contribution in [0.15, 0.2) is 11.6 Å². The number of urea groups is 1. The zero-order valence-corrected chi connectivity index (χ0v) is 9.34. The van der Waals surface area contributed by atoms with E-state index in [1.54, 1.807) is 7.11 Å². The molecule has 0 aliphatic heterocycles. The molecule has 0 atom stereocenters. The zero-order chi connectivity index (χ0) is 10.9. The first kappa shape index (κ1) is 12.0. The van der Waals surface area contributed by atoms with Gasteiger partial charge in [-0.3, -0.25) is 0 Å². The van der Waals surface area contributed by atoms with Crippen LogP contribution in [-0.2, 0) is 4.74 Å². The molecule has 4 nitrogen and oxygen atoms in total. The highest BCUT2D eigenvalue weighted by Gasteiger charge is 2.04. The molecule has 15 heavy (non-hydrogen) atoms. The summed E-state index contributed by atoms with van der Waals surface area (Å²) in [6, 6.07) is -0.159. The van der Waals surface area contributed by atoms with Crippen molar-refractivity contribution in [2.45, 2.75) is 32.1 Å². The number of methoxy groups -OCH3 is 1. The maximum atomic E-state index is 11.1. The van der Waals surface area contributed by atoms with Gasteiger partial charge in [0.1, 0.15) is 6.73 Å². The molecule has 0 heterocycles. The molecule has 0 bridgehead atoms. The average Bonchev–Trinajstić information content (AvgIpc) is 2.28. The monoisotopic (exact) mass is 212 g/mol. The quantitative estimate of drug-likeness (QED) is 0.539. The molecule has 0 unspecified atom stereocenters. The summed E-state index contributed by atoms with van der Waals surface area (Å²) in [4.78, 5) is 11.1. The predicted octanol–water partition coefficient (Wildman–Crippen LogP) is 1.78.